The quantitative estimate of drug-likeness (QED) is 0.860. The average molecular weight is 326 g/mol. The third-order valence-electron chi connectivity index (χ3n) is 3.26. The summed E-state index contributed by atoms with van der Waals surface area (Å²) in [7, 11) is -4.21. The Balaban J connectivity index is 1.72. The van der Waals surface area contributed by atoms with E-state index in [0.29, 0.717) is 5.88 Å². The van der Waals surface area contributed by atoms with Gasteiger partial charge in [-0.05, 0) is 18.2 Å². The van der Waals surface area contributed by atoms with E-state index in [1.54, 1.807) is 24.4 Å². The number of hydrogen-bond acceptors (Lipinski definition) is 4. The Kier molecular flexibility index (Phi) is 3.79. The maximum atomic E-state index is 13.6. The van der Waals surface area contributed by atoms with Gasteiger partial charge in [-0.15, -0.1) is 0 Å². The van der Waals surface area contributed by atoms with Gasteiger partial charge in [0.05, 0.1) is 13.1 Å². The SMILES string of the molecule is O=S(=O)(c1c(F)cccc1F)N1CC(Oc2ccccn2)C1. The maximum Gasteiger partial charge on any atom is 0.249 e. The molecule has 8 heteroatoms. The van der Waals surface area contributed by atoms with Crippen LogP contribution in [0.3, 0.4) is 0 Å². The highest BCUT2D eigenvalue weighted by molar-refractivity contribution is 7.89. The predicted octanol–water partition coefficient (Wildman–Crippen LogP) is 1.81. The summed E-state index contributed by atoms with van der Waals surface area (Å²) in [5.41, 5.74) is 0. The number of halogens is 2. The van der Waals surface area contributed by atoms with E-state index in [9.17, 15) is 17.2 Å². The monoisotopic (exact) mass is 326 g/mol. The summed E-state index contributed by atoms with van der Waals surface area (Å²) in [5, 5.41) is 0. The van der Waals surface area contributed by atoms with Crippen LogP contribution >= 0.6 is 0 Å². The fourth-order valence-electron chi connectivity index (χ4n) is 2.12. The molecule has 2 aromatic rings. The second kappa shape index (κ2) is 5.62. The third-order valence-corrected chi connectivity index (χ3v) is 5.14. The van der Waals surface area contributed by atoms with E-state index in [0.717, 1.165) is 22.5 Å². The topological polar surface area (TPSA) is 59.5 Å². The van der Waals surface area contributed by atoms with Gasteiger partial charge in [0.25, 0.3) is 0 Å². The van der Waals surface area contributed by atoms with Crippen molar-refractivity contribution in [1.82, 2.24) is 9.29 Å². The van der Waals surface area contributed by atoms with E-state index in [4.69, 9.17) is 4.74 Å². The van der Waals surface area contributed by atoms with Gasteiger partial charge in [-0.3, -0.25) is 0 Å². The Morgan fingerprint density at radius 1 is 1.09 bits per heavy atom. The van der Waals surface area contributed by atoms with Crippen molar-refractivity contribution in [1.29, 1.82) is 0 Å². The molecule has 1 aromatic heterocycles. The maximum absolute atomic E-state index is 13.6. The van der Waals surface area contributed by atoms with Gasteiger partial charge in [-0.1, -0.05) is 12.1 Å². The summed E-state index contributed by atoms with van der Waals surface area (Å²) in [4.78, 5) is 3.04. The molecule has 0 atom stereocenters. The summed E-state index contributed by atoms with van der Waals surface area (Å²) in [6.07, 6.45) is 1.16. The zero-order chi connectivity index (χ0) is 15.7. The van der Waals surface area contributed by atoms with Crippen LogP contribution in [0.1, 0.15) is 0 Å². The Morgan fingerprint density at radius 2 is 1.77 bits per heavy atom. The minimum atomic E-state index is -4.21. The number of nitrogens with zero attached hydrogens (tertiary/aromatic N) is 2. The van der Waals surface area contributed by atoms with E-state index in [2.05, 4.69) is 4.98 Å². The van der Waals surface area contributed by atoms with Gasteiger partial charge in [0, 0.05) is 12.3 Å². The molecule has 3 rings (SSSR count). The van der Waals surface area contributed by atoms with Crippen LogP contribution in [0, 0.1) is 11.6 Å². The van der Waals surface area contributed by atoms with Crippen LogP contribution < -0.4 is 4.74 Å². The second-order valence-electron chi connectivity index (χ2n) is 4.78. The summed E-state index contributed by atoms with van der Waals surface area (Å²) in [6.45, 7) is 0.0410. The smallest absolute Gasteiger partial charge is 0.249 e. The van der Waals surface area contributed by atoms with Gasteiger partial charge in [0.15, 0.2) is 4.90 Å². The average Bonchev–Trinajstić information content (AvgIpc) is 2.43. The fraction of sp³-hybridized carbons (Fsp3) is 0.214. The Bertz CT molecular complexity index is 758. The van der Waals surface area contributed by atoms with Crippen molar-refractivity contribution in [3.8, 4) is 5.88 Å². The molecule has 2 heterocycles. The lowest BCUT2D eigenvalue weighted by molar-refractivity contribution is 0.0717. The molecular formula is C14H12F2N2O3S. The van der Waals surface area contributed by atoms with Crippen molar-refractivity contribution in [2.24, 2.45) is 0 Å². The van der Waals surface area contributed by atoms with Crippen LogP contribution in [0.5, 0.6) is 5.88 Å². The first-order chi connectivity index (χ1) is 10.5. The lowest BCUT2D eigenvalue weighted by Crippen LogP contribution is -2.56. The molecule has 1 aromatic carbocycles. The predicted molar refractivity (Wildman–Crippen MR) is 73.8 cm³/mol. The Labute approximate surface area is 126 Å². The standard InChI is InChI=1S/C14H12F2N2O3S/c15-11-4-3-5-12(16)14(11)22(19,20)18-8-10(9-18)21-13-6-1-2-7-17-13/h1-7,10H,8-9H2. The molecule has 0 aliphatic carbocycles. The molecule has 1 saturated heterocycles. The molecule has 0 saturated carbocycles. The largest absolute Gasteiger partial charge is 0.472 e. The normalized spacial score (nSPS) is 16.3. The first-order valence-electron chi connectivity index (χ1n) is 6.50. The number of rotatable bonds is 4. The number of sulfonamides is 1. The van der Waals surface area contributed by atoms with Gasteiger partial charge in [-0.2, -0.15) is 4.31 Å². The van der Waals surface area contributed by atoms with E-state index < -0.39 is 26.6 Å². The highest BCUT2D eigenvalue weighted by Crippen LogP contribution is 2.27. The van der Waals surface area contributed by atoms with Gasteiger partial charge < -0.3 is 4.74 Å². The van der Waals surface area contributed by atoms with Crippen molar-refractivity contribution < 1.29 is 21.9 Å². The molecule has 0 radical (unpaired) electrons. The highest BCUT2D eigenvalue weighted by Gasteiger charge is 2.40. The summed E-state index contributed by atoms with van der Waals surface area (Å²) < 4.78 is 58.1. The van der Waals surface area contributed by atoms with Crippen molar-refractivity contribution in [2.75, 3.05) is 13.1 Å². The molecule has 0 bridgehead atoms. The Morgan fingerprint density at radius 3 is 2.36 bits per heavy atom. The molecular weight excluding hydrogens is 314 g/mol. The van der Waals surface area contributed by atoms with Crippen LogP contribution in [0.4, 0.5) is 8.78 Å². The summed E-state index contributed by atoms with van der Waals surface area (Å²) in [6, 6.07) is 8.06. The Hall–Kier alpha value is -2.06. The van der Waals surface area contributed by atoms with Gasteiger partial charge in [-0.25, -0.2) is 22.2 Å². The van der Waals surface area contributed by atoms with Gasteiger partial charge in [0.2, 0.25) is 15.9 Å². The van der Waals surface area contributed by atoms with Crippen LogP contribution in [-0.4, -0.2) is 36.9 Å². The van der Waals surface area contributed by atoms with E-state index in [1.807, 2.05) is 0 Å². The van der Waals surface area contributed by atoms with E-state index in [-0.39, 0.29) is 19.2 Å². The zero-order valence-electron chi connectivity index (χ0n) is 11.3. The molecule has 0 N–H and O–H groups in total. The first-order valence-corrected chi connectivity index (χ1v) is 7.94. The molecule has 0 spiro atoms. The number of aromatic nitrogens is 1. The molecule has 1 fully saturated rings. The zero-order valence-corrected chi connectivity index (χ0v) is 12.1. The van der Waals surface area contributed by atoms with Gasteiger partial charge >= 0.3 is 0 Å². The molecule has 5 nitrogen and oxygen atoms in total. The van der Waals surface area contributed by atoms with Crippen molar-refractivity contribution >= 4 is 10.0 Å². The van der Waals surface area contributed by atoms with E-state index in [1.165, 1.54) is 0 Å². The lowest BCUT2D eigenvalue weighted by Gasteiger charge is -2.37. The molecule has 1 aliphatic rings. The van der Waals surface area contributed by atoms with Crippen LogP contribution in [-0.2, 0) is 10.0 Å². The summed E-state index contributed by atoms with van der Waals surface area (Å²) in [5.74, 6) is -1.83. The summed E-state index contributed by atoms with van der Waals surface area (Å²) >= 11 is 0. The lowest BCUT2D eigenvalue weighted by atomic mass is 10.2. The highest BCUT2D eigenvalue weighted by atomic mass is 32.2. The van der Waals surface area contributed by atoms with Crippen molar-refractivity contribution in [3.63, 3.8) is 0 Å². The molecule has 116 valence electrons. The molecule has 0 unspecified atom stereocenters. The van der Waals surface area contributed by atoms with E-state index >= 15 is 0 Å². The molecule has 0 amide bonds. The van der Waals surface area contributed by atoms with Crippen LogP contribution in [0.25, 0.3) is 0 Å². The number of ether oxygens (including phenoxy) is 1. The number of benzene rings is 1. The molecule has 1 aliphatic heterocycles. The second-order valence-corrected chi connectivity index (χ2v) is 6.66. The fourth-order valence-corrected chi connectivity index (χ4v) is 3.73. The number of pyridine rings is 1. The first kappa shape index (κ1) is 14.9. The third kappa shape index (κ3) is 2.67. The number of hydrogen-bond donors (Lipinski definition) is 0. The minimum Gasteiger partial charge on any atom is -0.472 e. The van der Waals surface area contributed by atoms with Gasteiger partial charge in [0.1, 0.15) is 17.7 Å². The van der Waals surface area contributed by atoms with Crippen LogP contribution in [0.2, 0.25) is 0 Å². The minimum absolute atomic E-state index is 0.0205. The van der Waals surface area contributed by atoms with Crippen molar-refractivity contribution in [3.05, 3.63) is 54.2 Å². The van der Waals surface area contributed by atoms with Crippen LogP contribution in [0.15, 0.2) is 47.5 Å². The molecule has 22 heavy (non-hydrogen) atoms. The van der Waals surface area contributed by atoms with Crippen molar-refractivity contribution in [2.45, 2.75) is 11.0 Å².